The second-order valence-corrected chi connectivity index (χ2v) is 7.63. The van der Waals surface area contributed by atoms with E-state index in [1.165, 1.54) is 34.4 Å². The van der Waals surface area contributed by atoms with Gasteiger partial charge in [0, 0.05) is 37.2 Å². The number of pyridine rings is 1. The molecule has 0 aliphatic carbocycles. The number of nitrogens with two attached hydrogens (primary N) is 1. The number of nitrogens with zero attached hydrogens (tertiary/aromatic N) is 2. The van der Waals surface area contributed by atoms with Gasteiger partial charge in [0.25, 0.3) is 0 Å². The second-order valence-electron chi connectivity index (χ2n) is 7.63. The Morgan fingerprint density at radius 2 is 2.12 bits per heavy atom. The van der Waals surface area contributed by atoms with Gasteiger partial charge in [-0.15, -0.1) is 0 Å². The molecule has 0 radical (unpaired) electrons. The average molecular weight is 323 g/mol. The van der Waals surface area contributed by atoms with Crippen LogP contribution in [0.5, 0.6) is 0 Å². The molecule has 3 rings (SSSR count). The summed E-state index contributed by atoms with van der Waals surface area (Å²) in [6, 6.07) is 8.98. The number of aryl methyl sites for hydroxylation is 1. The lowest BCUT2D eigenvalue weighted by Crippen LogP contribution is -2.37. The molecule has 0 saturated carbocycles. The highest BCUT2D eigenvalue weighted by Gasteiger charge is 2.32. The molecule has 0 amide bonds. The van der Waals surface area contributed by atoms with Crippen molar-refractivity contribution in [1.82, 2.24) is 4.98 Å². The normalized spacial score (nSPS) is 17.5. The Morgan fingerprint density at radius 3 is 2.75 bits per heavy atom. The highest BCUT2D eigenvalue weighted by Crippen LogP contribution is 2.42. The van der Waals surface area contributed by atoms with Crippen LogP contribution in [0.3, 0.4) is 0 Å². The first-order valence-electron chi connectivity index (χ1n) is 8.99. The standard InChI is InChI=1S/C21H29N3/c1-5-17-11-19-20(12-18(17)15(2)22)24(10-8-21(19,3)4)14-16-7-6-9-23-13-16/h6-7,9,11-13,15H,5,8,10,14,22H2,1-4H3. The van der Waals surface area contributed by atoms with Crippen LogP contribution in [0.4, 0.5) is 5.69 Å². The van der Waals surface area contributed by atoms with Crippen LogP contribution < -0.4 is 10.6 Å². The fourth-order valence-electron chi connectivity index (χ4n) is 3.73. The first kappa shape index (κ1) is 17.0. The Kier molecular flexibility index (Phi) is 4.64. The summed E-state index contributed by atoms with van der Waals surface area (Å²) in [6.45, 7) is 11.0. The van der Waals surface area contributed by atoms with Crippen molar-refractivity contribution >= 4 is 5.69 Å². The van der Waals surface area contributed by atoms with Gasteiger partial charge < -0.3 is 10.6 Å². The third-order valence-corrected chi connectivity index (χ3v) is 5.30. The van der Waals surface area contributed by atoms with E-state index >= 15 is 0 Å². The minimum atomic E-state index is 0.0653. The highest BCUT2D eigenvalue weighted by molar-refractivity contribution is 5.62. The van der Waals surface area contributed by atoms with E-state index in [-0.39, 0.29) is 11.5 Å². The summed E-state index contributed by atoms with van der Waals surface area (Å²) in [6.07, 6.45) is 5.99. The van der Waals surface area contributed by atoms with Crippen molar-refractivity contribution in [3.63, 3.8) is 0 Å². The predicted octanol–water partition coefficient (Wildman–Crippen LogP) is 4.35. The molecule has 1 aliphatic rings. The quantitative estimate of drug-likeness (QED) is 0.909. The van der Waals surface area contributed by atoms with E-state index in [1.807, 2.05) is 18.5 Å². The summed E-state index contributed by atoms with van der Waals surface area (Å²) in [5.74, 6) is 0. The molecule has 1 atom stereocenters. The van der Waals surface area contributed by atoms with Crippen LogP contribution in [0.15, 0.2) is 36.7 Å². The molecule has 128 valence electrons. The fraction of sp³-hybridized carbons (Fsp3) is 0.476. The van der Waals surface area contributed by atoms with Crippen LogP contribution in [0.1, 0.15) is 62.4 Å². The Bertz CT molecular complexity index is 705. The summed E-state index contributed by atoms with van der Waals surface area (Å²) in [4.78, 5) is 6.75. The molecular formula is C21H29N3. The van der Waals surface area contributed by atoms with Crippen LogP contribution in [0.2, 0.25) is 0 Å². The van der Waals surface area contributed by atoms with Crippen molar-refractivity contribution in [2.24, 2.45) is 5.73 Å². The maximum atomic E-state index is 6.26. The number of hydrogen-bond acceptors (Lipinski definition) is 3. The molecule has 3 heteroatoms. The van der Waals surface area contributed by atoms with Crippen LogP contribution in [0, 0.1) is 0 Å². The molecule has 0 bridgehead atoms. The summed E-state index contributed by atoms with van der Waals surface area (Å²) in [5.41, 5.74) is 13.2. The van der Waals surface area contributed by atoms with Crippen LogP contribution >= 0.6 is 0 Å². The molecule has 0 saturated heterocycles. The number of anilines is 1. The molecule has 1 aliphatic heterocycles. The van der Waals surface area contributed by atoms with Crippen molar-refractivity contribution < 1.29 is 0 Å². The molecule has 2 heterocycles. The topological polar surface area (TPSA) is 42.1 Å². The van der Waals surface area contributed by atoms with Crippen molar-refractivity contribution in [3.05, 3.63) is 58.9 Å². The molecule has 1 unspecified atom stereocenters. The molecule has 2 aromatic rings. The van der Waals surface area contributed by atoms with E-state index in [2.05, 4.69) is 55.8 Å². The smallest absolute Gasteiger partial charge is 0.0444 e. The van der Waals surface area contributed by atoms with Crippen molar-refractivity contribution in [3.8, 4) is 0 Å². The number of aromatic nitrogens is 1. The van der Waals surface area contributed by atoms with Gasteiger partial charge in [0.1, 0.15) is 0 Å². The predicted molar refractivity (Wildman–Crippen MR) is 101 cm³/mol. The van der Waals surface area contributed by atoms with E-state index < -0.39 is 0 Å². The summed E-state index contributed by atoms with van der Waals surface area (Å²) >= 11 is 0. The van der Waals surface area contributed by atoms with Crippen LogP contribution in [-0.2, 0) is 18.4 Å². The molecule has 3 nitrogen and oxygen atoms in total. The van der Waals surface area contributed by atoms with Crippen molar-refractivity contribution in [1.29, 1.82) is 0 Å². The molecule has 1 aromatic carbocycles. The first-order valence-corrected chi connectivity index (χ1v) is 8.99. The van der Waals surface area contributed by atoms with E-state index in [0.29, 0.717) is 0 Å². The van der Waals surface area contributed by atoms with E-state index in [4.69, 9.17) is 5.73 Å². The van der Waals surface area contributed by atoms with E-state index in [1.54, 1.807) is 0 Å². The van der Waals surface area contributed by atoms with Gasteiger partial charge in [-0.1, -0.05) is 32.9 Å². The Hall–Kier alpha value is -1.87. The fourth-order valence-corrected chi connectivity index (χ4v) is 3.73. The van der Waals surface area contributed by atoms with E-state index in [9.17, 15) is 0 Å². The minimum absolute atomic E-state index is 0.0653. The monoisotopic (exact) mass is 323 g/mol. The second kappa shape index (κ2) is 6.56. The SMILES string of the molecule is CCc1cc2c(cc1C(C)N)N(Cc1cccnc1)CCC2(C)C. The largest absolute Gasteiger partial charge is 0.367 e. The van der Waals surface area contributed by atoms with Crippen molar-refractivity contribution in [2.75, 3.05) is 11.4 Å². The molecular weight excluding hydrogens is 294 g/mol. The van der Waals surface area contributed by atoms with Gasteiger partial charge in [0.05, 0.1) is 0 Å². The summed E-state index contributed by atoms with van der Waals surface area (Å²) in [5, 5.41) is 0. The lowest BCUT2D eigenvalue weighted by molar-refractivity contribution is 0.451. The lowest BCUT2D eigenvalue weighted by Gasteiger charge is -2.41. The molecule has 0 spiro atoms. The average Bonchev–Trinajstić information content (AvgIpc) is 2.57. The van der Waals surface area contributed by atoms with Crippen LogP contribution in [0.25, 0.3) is 0 Å². The maximum Gasteiger partial charge on any atom is 0.0444 e. The molecule has 1 aromatic heterocycles. The Balaban J connectivity index is 2.06. The molecule has 24 heavy (non-hydrogen) atoms. The van der Waals surface area contributed by atoms with Crippen LogP contribution in [-0.4, -0.2) is 11.5 Å². The zero-order valence-corrected chi connectivity index (χ0v) is 15.3. The molecule has 2 N–H and O–H groups in total. The van der Waals surface area contributed by atoms with Gasteiger partial charge >= 0.3 is 0 Å². The third-order valence-electron chi connectivity index (χ3n) is 5.30. The summed E-state index contributed by atoms with van der Waals surface area (Å²) in [7, 11) is 0. The zero-order valence-electron chi connectivity index (χ0n) is 15.3. The zero-order chi connectivity index (χ0) is 17.3. The first-order chi connectivity index (χ1) is 11.4. The van der Waals surface area contributed by atoms with Gasteiger partial charge in [0.2, 0.25) is 0 Å². The lowest BCUT2D eigenvalue weighted by atomic mass is 9.75. The summed E-state index contributed by atoms with van der Waals surface area (Å²) < 4.78 is 0. The minimum Gasteiger partial charge on any atom is -0.367 e. The highest BCUT2D eigenvalue weighted by atomic mass is 15.1. The van der Waals surface area contributed by atoms with Gasteiger partial charge in [0.15, 0.2) is 0 Å². The number of hydrogen-bond donors (Lipinski definition) is 1. The van der Waals surface area contributed by atoms with Gasteiger partial charge in [-0.2, -0.15) is 0 Å². The van der Waals surface area contributed by atoms with Gasteiger partial charge in [-0.25, -0.2) is 0 Å². The number of benzene rings is 1. The number of rotatable bonds is 4. The van der Waals surface area contributed by atoms with Crippen molar-refractivity contribution in [2.45, 2.75) is 58.5 Å². The van der Waals surface area contributed by atoms with Gasteiger partial charge in [-0.05, 0) is 59.6 Å². The van der Waals surface area contributed by atoms with Gasteiger partial charge in [-0.3, -0.25) is 4.98 Å². The molecule has 0 fully saturated rings. The van der Waals surface area contributed by atoms with E-state index in [0.717, 1.165) is 19.5 Å². The third kappa shape index (κ3) is 3.18. The number of fused-ring (bicyclic) bond motifs is 1. The Morgan fingerprint density at radius 1 is 1.33 bits per heavy atom. The maximum absolute atomic E-state index is 6.26. The Labute approximate surface area is 145 Å².